The Morgan fingerprint density at radius 3 is 1.33 bits per heavy atom. The lowest BCUT2D eigenvalue weighted by Crippen LogP contribution is -2.63. The minimum absolute atomic E-state index is 0. The number of rotatable bonds is 0. The molecule has 0 unspecified atom stereocenters. The van der Waals surface area contributed by atoms with E-state index in [1.165, 1.54) is 64.7 Å². The van der Waals surface area contributed by atoms with Crippen molar-refractivity contribution in [1.29, 1.82) is 0 Å². The fourth-order valence-electron chi connectivity index (χ4n) is 5.25. The van der Waals surface area contributed by atoms with Crippen LogP contribution in [0.3, 0.4) is 0 Å². The third kappa shape index (κ3) is 8.23. The summed E-state index contributed by atoms with van der Waals surface area (Å²) in [6, 6.07) is 1.92. The van der Waals surface area contributed by atoms with Gasteiger partial charge in [0.1, 0.15) is 0 Å². The van der Waals surface area contributed by atoms with Gasteiger partial charge in [0, 0.05) is 25.2 Å². The summed E-state index contributed by atoms with van der Waals surface area (Å²) in [6.07, 6.45) is 10.5. The summed E-state index contributed by atoms with van der Waals surface area (Å²) < 4.78 is 31.6. The Kier molecular flexibility index (Phi) is 15.0. The van der Waals surface area contributed by atoms with Gasteiger partial charge in [0.15, 0.2) is 0 Å². The van der Waals surface area contributed by atoms with Crippen molar-refractivity contribution in [2.24, 2.45) is 11.8 Å². The minimum atomic E-state index is -4.67. The van der Waals surface area contributed by atoms with Gasteiger partial charge in [-0.05, 0) is 57.0 Å². The van der Waals surface area contributed by atoms with E-state index in [0.717, 1.165) is 23.9 Å². The van der Waals surface area contributed by atoms with E-state index in [1.54, 1.807) is 6.42 Å². The highest BCUT2D eigenvalue weighted by Crippen LogP contribution is 2.42. The molecule has 4 aliphatic heterocycles. The van der Waals surface area contributed by atoms with Crippen molar-refractivity contribution in [3.05, 3.63) is 0 Å². The van der Waals surface area contributed by atoms with E-state index in [-0.39, 0.29) is 27.4 Å². The summed E-state index contributed by atoms with van der Waals surface area (Å²) in [5.41, 5.74) is 0. The summed E-state index contributed by atoms with van der Waals surface area (Å²) in [7, 11) is -4.67. The molecular weight excluding hydrogens is 384 g/mol. The fourth-order valence-corrected chi connectivity index (χ4v) is 5.25. The predicted molar refractivity (Wildman–Crippen MR) is 102 cm³/mol. The summed E-state index contributed by atoms with van der Waals surface area (Å²) >= 11 is 0. The highest BCUT2D eigenvalue weighted by atomic mass is 32.3. The first-order chi connectivity index (χ1) is 10.4. The van der Waals surface area contributed by atoms with Crippen LogP contribution in [0, 0.1) is 11.8 Å². The molecule has 0 saturated carbocycles. The van der Waals surface area contributed by atoms with Crippen LogP contribution in [0.5, 0.6) is 0 Å². The summed E-state index contributed by atoms with van der Waals surface area (Å²) in [5, 5.41) is 0. The Labute approximate surface area is 160 Å². The van der Waals surface area contributed by atoms with Crippen molar-refractivity contribution in [2.45, 2.75) is 57.0 Å². The molecule has 4 rings (SSSR count). The Bertz CT molecular complexity index is 458. The van der Waals surface area contributed by atoms with E-state index in [1.807, 2.05) is 0 Å². The maximum Gasteiger partial charge on any atom is 0.394 e. The molecule has 4 aliphatic rings. The van der Waals surface area contributed by atoms with E-state index in [0.29, 0.717) is 0 Å². The Hall–Kier alpha value is -0.410. The second-order valence-electron chi connectivity index (χ2n) is 7.32. The van der Waals surface area contributed by atoms with Crippen molar-refractivity contribution in [3.63, 3.8) is 0 Å². The van der Waals surface area contributed by atoms with Crippen LogP contribution >= 0.6 is 0 Å². The van der Waals surface area contributed by atoms with E-state index in [2.05, 4.69) is 9.80 Å². The maximum absolute atomic E-state index is 8.74. The van der Waals surface area contributed by atoms with E-state index in [9.17, 15) is 0 Å². The number of piperidine rings is 4. The number of nitrogens with zero attached hydrogens (tertiary/aromatic N) is 2. The lowest BCUT2D eigenvalue weighted by molar-refractivity contribution is -0.0718. The molecule has 2 bridgehead atoms. The van der Waals surface area contributed by atoms with E-state index < -0.39 is 10.4 Å². The number of hydrogen-bond donors (Lipinski definition) is 2. The van der Waals surface area contributed by atoms with Gasteiger partial charge in [0.25, 0.3) is 0 Å². The molecule has 0 aliphatic carbocycles. The molecule has 11 nitrogen and oxygen atoms in total. The lowest BCUT2D eigenvalue weighted by atomic mass is 9.71. The standard InChI is InChI=1S/C15H26N2.H2O4S.5H2O/c1-3-7-16-11-13-9-12(14(16)5-1)10-17-8-4-2-6-15(13)17;1-5(2,3)4;;;;;/h12-15H,1-11H2;(H2,1,2,3,4);5*1H2/t12-,13-,14-,15-;;;;;;/m0....../s1. The van der Waals surface area contributed by atoms with Gasteiger partial charge < -0.3 is 27.4 Å². The zero-order valence-electron chi connectivity index (χ0n) is 15.6. The Morgan fingerprint density at radius 1 is 0.667 bits per heavy atom. The second-order valence-corrected chi connectivity index (χ2v) is 8.22. The van der Waals surface area contributed by atoms with Crippen molar-refractivity contribution < 1.29 is 44.9 Å². The molecule has 0 amide bonds. The molecule has 0 aromatic carbocycles. The summed E-state index contributed by atoms with van der Waals surface area (Å²) in [5.74, 6) is 2.03. The Balaban J connectivity index is -0.000000524. The van der Waals surface area contributed by atoms with Gasteiger partial charge in [-0.2, -0.15) is 8.42 Å². The first kappa shape index (κ1) is 31.3. The van der Waals surface area contributed by atoms with Gasteiger partial charge in [-0.25, -0.2) is 0 Å². The molecule has 27 heavy (non-hydrogen) atoms. The summed E-state index contributed by atoms with van der Waals surface area (Å²) in [6.45, 7) is 5.68. The van der Waals surface area contributed by atoms with Crippen LogP contribution in [-0.4, -0.2) is 93.0 Å². The molecule has 168 valence electrons. The Morgan fingerprint density at radius 2 is 1.00 bits per heavy atom. The first-order valence-electron chi connectivity index (χ1n) is 8.60. The molecule has 0 aromatic heterocycles. The van der Waals surface area contributed by atoms with Crippen LogP contribution in [-0.2, 0) is 10.4 Å². The average molecular weight is 423 g/mol. The van der Waals surface area contributed by atoms with Crippen molar-refractivity contribution >= 4 is 10.4 Å². The minimum Gasteiger partial charge on any atom is -0.412 e. The van der Waals surface area contributed by atoms with Crippen molar-refractivity contribution in [2.75, 3.05) is 26.2 Å². The zero-order chi connectivity index (χ0) is 15.7. The van der Waals surface area contributed by atoms with Gasteiger partial charge in [0.05, 0.1) is 0 Å². The van der Waals surface area contributed by atoms with Crippen molar-refractivity contribution in [1.82, 2.24) is 9.80 Å². The third-order valence-corrected chi connectivity index (χ3v) is 5.96. The largest absolute Gasteiger partial charge is 0.412 e. The number of fused-ring (bicyclic) bond motifs is 6. The van der Waals surface area contributed by atoms with Gasteiger partial charge >= 0.3 is 10.4 Å². The molecule has 0 aromatic rings. The topological polar surface area (TPSA) is 239 Å². The van der Waals surface area contributed by atoms with Crippen LogP contribution < -0.4 is 0 Å². The highest BCUT2D eigenvalue weighted by molar-refractivity contribution is 7.79. The van der Waals surface area contributed by atoms with Crippen LogP contribution in [0.4, 0.5) is 0 Å². The molecule has 0 radical (unpaired) electrons. The van der Waals surface area contributed by atoms with Gasteiger partial charge in [-0.15, -0.1) is 0 Å². The van der Waals surface area contributed by atoms with Crippen LogP contribution in [0.1, 0.15) is 44.9 Å². The second kappa shape index (κ2) is 12.9. The third-order valence-electron chi connectivity index (χ3n) is 5.96. The molecule has 4 fully saturated rings. The normalized spacial score (nSPS) is 31.9. The van der Waals surface area contributed by atoms with Crippen LogP contribution in [0.25, 0.3) is 0 Å². The average Bonchev–Trinajstić information content (AvgIpc) is 2.46. The van der Waals surface area contributed by atoms with Crippen LogP contribution in [0.15, 0.2) is 0 Å². The van der Waals surface area contributed by atoms with Crippen LogP contribution in [0.2, 0.25) is 0 Å². The van der Waals surface area contributed by atoms with E-state index >= 15 is 0 Å². The molecule has 4 heterocycles. The zero-order valence-corrected chi connectivity index (χ0v) is 16.4. The van der Waals surface area contributed by atoms with Gasteiger partial charge in [-0.3, -0.25) is 18.9 Å². The fraction of sp³-hybridized carbons (Fsp3) is 1.00. The SMILES string of the molecule is C1CCN2C[C@@H]3C[C@@H](CN4CCCC[C@@H]34)[C@@H]2C1.O.O.O.O.O.O=S(=O)(O)O. The predicted octanol–water partition coefficient (Wildman–Crippen LogP) is -2.43. The molecule has 4 saturated heterocycles. The molecule has 0 spiro atoms. The van der Waals surface area contributed by atoms with Gasteiger partial charge in [-0.1, -0.05) is 12.8 Å². The van der Waals surface area contributed by atoms with E-state index in [4.69, 9.17) is 17.5 Å². The first-order valence-corrected chi connectivity index (χ1v) is 9.99. The van der Waals surface area contributed by atoms with Gasteiger partial charge in [0.2, 0.25) is 0 Å². The quantitative estimate of drug-likeness (QED) is 0.402. The summed E-state index contributed by atoms with van der Waals surface area (Å²) in [4.78, 5) is 5.74. The van der Waals surface area contributed by atoms with Crippen molar-refractivity contribution in [3.8, 4) is 0 Å². The molecule has 4 atom stereocenters. The highest BCUT2D eigenvalue weighted by Gasteiger charge is 2.46. The molecule has 12 N–H and O–H groups in total. The lowest BCUT2D eigenvalue weighted by Gasteiger charge is -2.57. The maximum atomic E-state index is 8.74. The number of hydrogen-bond acceptors (Lipinski definition) is 4. The monoisotopic (exact) mass is 422 g/mol. The smallest absolute Gasteiger partial charge is 0.394 e. The molecule has 12 heteroatoms. The molecular formula is C15H38N2O9S.